The van der Waals surface area contributed by atoms with Crippen molar-refractivity contribution >= 4 is 44.4 Å². The van der Waals surface area contributed by atoms with Crippen molar-refractivity contribution in [2.45, 2.75) is 18.5 Å². The fraction of sp³-hybridized carbons (Fsp3) is 0.333. The molecule has 10 nitrogen and oxygen atoms in total. The molecular formula is C27H30BrF3N6O4. The van der Waals surface area contributed by atoms with Gasteiger partial charge >= 0.3 is 0 Å². The first-order valence-electron chi connectivity index (χ1n) is 12.6. The van der Waals surface area contributed by atoms with E-state index in [1.807, 2.05) is 29.2 Å². The van der Waals surface area contributed by atoms with Crippen molar-refractivity contribution in [3.8, 4) is 0 Å². The van der Waals surface area contributed by atoms with E-state index in [2.05, 4.69) is 21.2 Å². The van der Waals surface area contributed by atoms with Gasteiger partial charge < -0.3 is 20.9 Å². The van der Waals surface area contributed by atoms with Gasteiger partial charge in [-0.25, -0.2) is 13.2 Å². The van der Waals surface area contributed by atoms with Gasteiger partial charge in [-0.1, -0.05) is 34.1 Å². The Balaban J connectivity index is 0.000000158. The lowest BCUT2D eigenvalue weighted by Gasteiger charge is -2.36. The second-order valence-electron chi connectivity index (χ2n) is 9.37. The van der Waals surface area contributed by atoms with E-state index in [1.54, 1.807) is 29.2 Å². The summed E-state index contributed by atoms with van der Waals surface area (Å²) in [6.45, 7) is 2.81. The van der Waals surface area contributed by atoms with E-state index in [9.17, 15) is 33.4 Å². The Hall–Kier alpha value is -3.91. The van der Waals surface area contributed by atoms with Crippen molar-refractivity contribution in [3.63, 3.8) is 0 Å². The highest BCUT2D eigenvalue weighted by molar-refractivity contribution is 9.10. The average Bonchev–Trinajstić information content (AvgIpc) is 2.89. The lowest BCUT2D eigenvalue weighted by Crippen LogP contribution is -2.48. The van der Waals surface area contributed by atoms with Gasteiger partial charge in [-0.2, -0.15) is 0 Å². The number of anilines is 3. The number of halogens is 4. The summed E-state index contributed by atoms with van der Waals surface area (Å²) in [5.74, 6) is 0. The molecule has 0 amide bonds. The minimum atomic E-state index is -0.797. The first-order valence-corrected chi connectivity index (χ1v) is 13.4. The summed E-state index contributed by atoms with van der Waals surface area (Å²) < 4.78 is 37.2. The predicted octanol–water partition coefficient (Wildman–Crippen LogP) is 5.46. The van der Waals surface area contributed by atoms with Crippen molar-refractivity contribution in [1.82, 2.24) is 5.32 Å². The zero-order valence-electron chi connectivity index (χ0n) is 21.9. The number of nitro benzene ring substituents is 2. The maximum Gasteiger partial charge on any atom is 0.271 e. The van der Waals surface area contributed by atoms with Gasteiger partial charge in [0.1, 0.15) is 18.5 Å². The van der Waals surface area contributed by atoms with Crippen molar-refractivity contribution < 1.29 is 23.0 Å². The molecule has 3 heterocycles. The molecule has 0 bridgehead atoms. The summed E-state index contributed by atoms with van der Waals surface area (Å²) >= 11 is 3.13. The zero-order chi connectivity index (χ0) is 29.9. The first kappa shape index (κ1) is 31.6. The number of hydrogen-bond acceptors (Lipinski definition) is 8. The number of rotatable bonds is 4. The van der Waals surface area contributed by atoms with Crippen molar-refractivity contribution in [1.29, 1.82) is 0 Å². The van der Waals surface area contributed by atoms with Crippen LogP contribution in [0.4, 0.5) is 41.6 Å². The lowest BCUT2D eigenvalue weighted by molar-refractivity contribution is -0.385. The molecular weight excluding hydrogens is 609 g/mol. The lowest BCUT2D eigenvalue weighted by atomic mass is 10.1. The molecule has 3 saturated heterocycles. The van der Waals surface area contributed by atoms with Gasteiger partial charge in [0.05, 0.1) is 36.0 Å². The molecule has 0 unspecified atom stereocenters. The molecule has 220 valence electrons. The number of alkyl halides is 3. The number of nitrogens with two attached hydrogens (primary N) is 1. The minimum absolute atomic E-state index is 0.0461. The van der Waals surface area contributed by atoms with Crippen LogP contribution >= 0.6 is 15.9 Å². The van der Waals surface area contributed by atoms with Gasteiger partial charge in [0.2, 0.25) is 0 Å². The van der Waals surface area contributed by atoms with E-state index in [0.717, 1.165) is 15.8 Å². The number of benzene rings is 3. The molecule has 0 atom stereocenters. The molecule has 0 saturated carbocycles. The Morgan fingerprint density at radius 1 is 0.732 bits per heavy atom. The standard InChI is InChI=1S/C9H9FN2O2.C9H11FN2.C6H4BrNO2.C3H6FN/c10-7-5-11(6-7)8-2-1-3-9(4-8)12(13)14;10-7-5-12(6-7)9-3-1-2-8(11)4-9;7-5-2-1-3-6(4-5)8(9)10;4-3-1-5-2-3/h1-4,7H,5-6H2;1-4,7H,5-6,11H2;1-4H;3,5H,1-2H2. The molecule has 6 rings (SSSR count). The molecule has 3 fully saturated rings. The molecule has 0 aromatic heterocycles. The van der Waals surface area contributed by atoms with Crippen LogP contribution in [0.15, 0.2) is 77.3 Å². The van der Waals surface area contributed by atoms with Crippen LogP contribution in [0.25, 0.3) is 0 Å². The van der Waals surface area contributed by atoms with Crippen LogP contribution in [0.3, 0.4) is 0 Å². The maximum atomic E-state index is 12.5. The molecule has 14 heteroatoms. The number of nitrogen functional groups attached to an aromatic ring is 1. The van der Waals surface area contributed by atoms with Crippen LogP contribution in [-0.4, -0.2) is 67.6 Å². The van der Waals surface area contributed by atoms with E-state index in [4.69, 9.17) is 5.73 Å². The predicted molar refractivity (Wildman–Crippen MR) is 157 cm³/mol. The topological polar surface area (TPSA) is 131 Å². The van der Waals surface area contributed by atoms with Crippen LogP contribution in [0.5, 0.6) is 0 Å². The molecule has 0 aliphatic carbocycles. The summed E-state index contributed by atoms with van der Waals surface area (Å²) in [5, 5.41) is 23.4. The van der Waals surface area contributed by atoms with Gasteiger partial charge in [-0.05, 0) is 30.3 Å². The second kappa shape index (κ2) is 15.2. The molecule has 0 spiro atoms. The molecule has 41 heavy (non-hydrogen) atoms. The first-order chi connectivity index (χ1) is 19.5. The SMILES string of the molecule is FC1CNC1.Nc1cccc(N2CC(F)C2)c1.O=[N+]([O-])c1cccc(Br)c1.O=[N+]([O-])c1cccc(N2CC(F)C2)c1. The third kappa shape index (κ3) is 10.2. The number of hydrogen-bond donors (Lipinski definition) is 2. The van der Waals surface area contributed by atoms with E-state index in [1.165, 1.54) is 24.3 Å². The number of nitrogens with one attached hydrogen (secondary N) is 1. The monoisotopic (exact) mass is 638 g/mol. The summed E-state index contributed by atoms with van der Waals surface area (Å²) in [6, 6.07) is 20.1. The highest BCUT2D eigenvalue weighted by Crippen LogP contribution is 2.26. The minimum Gasteiger partial charge on any atom is -0.399 e. The van der Waals surface area contributed by atoms with Crippen LogP contribution in [0.2, 0.25) is 0 Å². The fourth-order valence-corrected chi connectivity index (χ4v) is 4.03. The molecule has 3 N–H and O–H groups in total. The summed E-state index contributed by atoms with van der Waals surface area (Å²) in [4.78, 5) is 23.5. The van der Waals surface area contributed by atoms with E-state index < -0.39 is 28.4 Å². The summed E-state index contributed by atoms with van der Waals surface area (Å²) in [5.41, 5.74) is 8.21. The third-order valence-electron chi connectivity index (χ3n) is 6.07. The van der Waals surface area contributed by atoms with E-state index in [-0.39, 0.29) is 11.4 Å². The van der Waals surface area contributed by atoms with Crippen LogP contribution in [0.1, 0.15) is 0 Å². The van der Waals surface area contributed by atoms with Crippen molar-refractivity contribution in [2.75, 3.05) is 54.8 Å². The zero-order valence-corrected chi connectivity index (χ0v) is 23.5. The summed E-state index contributed by atoms with van der Waals surface area (Å²) in [7, 11) is 0. The molecule has 0 radical (unpaired) electrons. The third-order valence-corrected chi connectivity index (χ3v) is 6.56. The average molecular weight is 639 g/mol. The van der Waals surface area contributed by atoms with Gasteiger partial charge in [-0.15, -0.1) is 0 Å². The maximum absolute atomic E-state index is 12.5. The van der Waals surface area contributed by atoms with E-state index in [0.29, 0.717) is 45.0 Å². The molecule has 3 aliphatic rings. The molecule has 3 aromatic carbocycles. The number of non-ortho nitro benzene ring substituents is 2. The Labute approximate surface area is 243 Å². The number of nitro groups is 2. The van der Waals surface area contributed by atoms with Gasteiger partial charge in [0.25, 0.3) is 11.4 Å². The van der Waals surface area contributed by atoms with Crippen LogP contribution < -0.4 is 20.9 Å². The van der Waals surface area contributed by atoms with Gasteiger partial charge in [0.15, 0.2) is 0 Å². The summed E-state index contributed by atoms with van der Waals surface area (Å²) in [6.07, 6.45) is -2.00. The Bertz CT molecular complexity index is 1310. The smallest absolute Gasteiger partial charge is 0.271 e. The van der Waals surface area contributed by atoms with Gasteiger partial charge in [0, 0.05) is 58.9 Å². The number of nitrogens with zero attached hydrogens (tertiary/aromatic N) is 4. The molecule has 3 aromatic rings. The Kier molecular flexibility index (Phi) is 11.7. The van der Waals surface area contributed by atoms with Gasteiger partial charge in [-0.3, -0.25) is 20.2 Å². The second-order valence-corrected chi connectivity index (χ2v) is 10.3. The van der Waals surface area contributed by atoms with Crippen LogP contribution in [-0.2, 0) is 0 Å². The highest BCUT2D eigenvalue weighted by atomic mass is 79.9. The quantitative estimate of drug-likeness (QED) is 0.219. The van der Waals surface area contributed by atoms with Crippen LogP contribution in [0, 0.1) is 20.2 Å². The largest absolute Gasteiger partial charge is 0.399 e. The van der Waals surface area contributed by atoms with E-state index >= 15 is 0 Å². The van der Waals surface area contributed by atoms with Crippen molar-refractivity contribution in [3.05, 3.63) is 97.5 Å². The van der Waals surface area contributed by atoms with Crippen molar-refractivity contribution in [2.24, 2.45) is 0 Å². The Morgan fingerprint density at radius 3 is 1.54 bits per heavy atom. The fourth-order valence-electron chi connectivity index (χ4n) is 3.64. The Morgan fingerprint density at radius 2 is 1.17 bits per heavy atom. The molecule has 3 aliphatic heterocycles. The normalized spacial score (nSPS) is 16.2. The highest BCUT2D eigenvalue weighted by Gasteiger charge is 2.27.